The lowest BCUT2D eigenvalue weighted by Crippen LogP contribution is -2.30. The molecule has 0 heterocycles. The second kappa shape index (κ2) is 3.69. The van der Waals surface area contributed by atoms with E-state index in [0.717, 1.165) is 19.1 Å². The van der Waals surface area contributed by atoms with Gasteiger partial charge in [0.15, 0.2) is 0 Å². The molecule has 3 saturated carbocycles. The molecule has 3 aliphatic rings. The molecule has 0 spiro atoms. The molecule has 0 N–H and O–H groups in total. The summed E-state index contributed by atoms with van der Waals surface area (Å²) in [6.07, 6.45) is 3.47. The van der Waals surface area contributed by atoms with Crippen LogP contribution in [0.2, 0.25) is 0 Å². The molecule has 3 fully saturated rings. The average molecular weight is 230 g/mol. The summed E-state index contributed by atoms with van der Waals surface area (Å²) < 4.78 is 5.48. The van der Waals surface area contributed by atoms with Gasteiger partial charge in [-0.25, -0.2) is 4.79 Å². The minimum Gasteiger partial charge on any atom is -0.458 e. The zero-order chi connectivity index (χ0) is 11.9. The Balaban J connectivity index is 1.66. The van der Waals surface area contributed by atoms with Crippen molar-refractivity contribution in [3.8, 4) is 0 Å². The van der Waals surface area contributed by atoms with Crippen LogP contribution in [0.3, 0.4) is 0 Å². The second-order valence-electron chi connectivity index (χ2n) is 5.16. The van der Waals surface area contributed by atoms with Crippen LogP contribution in [0.25, 0.3) is 0 Å². The summed E-state index contributed by atoms with van der Waals surface area (Å²) in [4.78, 5) is 22.8. The molecular weight excluding hydrogens is 216 g/mol. The molecule has 0 saturated heterocycles. The van der Waals surface area contributed by atoms with Crippen LogP contribution in [0.1, 0.15) is 29.6 Å². The lowest BCUT2D eigenvalue weighted by molar-refractivity contribution is -0.119. The van der Waals surface area contributed by atoms with Gasteiger partial charge in [0.05, 0.1) is 5.56 Å². The maximum atomic E-state index is 11.8. The largest absolute Gasteiger partial charge is 0.458 e. The first-order chi connectivity index (χ1) is 8.22. The third-order valence-electron chi connectivity index (χ3n) is 3.99. The Morgan fingerprint density at radius 2 is 1.94 bits per heavy atom. The first kappa shape index (κ1) is 10.5. The highest BCUT2D eigenvalue weighted by Crippen LogP contribution is 2.58. The summed E-state index contributed by atoms with van der Waals surface area (Å²) in [5, 5.41) is 0. The van der Waals surface area contributed by atoms with E-state index in [2.05, 4.69) is 0 Å². The zero-order valence-electron chi connectivity index (χ0n) is 9.46. The predicted octanol–water partition coefficient (Wildman–Crippen LogP) is 2.21. The lowest BCUT2D eigenvalue weighted by atomic mass is 9.71. The number of benzene rings is 1. The average Bonchev–Trinajstić information content (AvgIpc) is 2.84. The van der Waals surface area contributed by atoms with Crippen LogP contribution in [0.5, 0.6) is 0 Å². The van der Waals surface area contributed by atoms with Crippen molar-refractivity contribution >= 4 is 12.3 Å². The van der Waals surface area contributed by atoms with Crippen LogP contribution >= 0.6 is 0 Å². The first-order valence-corrected chi connectivity index (χ1v) is 5.95. The monoisotopic (exact) mass is 230 g/mol. The van der Waals surface area contributed by atoms with Gasteiger partial charge in [-0.2, -0.15) is 0 Å². The fourth-order valence-corrected chi connectivity index (χ4v) is 3.04. The Hall–Kier alpha value is -1.64. The third-order valence-corrected chi connectivity index (χ3v) is 3.99. The fraction of sp³-hybridized carbons (Fsp3) is 0.429. The number of rotatable bonds is 3. The van der Waals surface area contributed by atoms with Gasteiger partial charge in [0, 0.05) is 5.41 Å². The van der Waals surface area contributed by atoms with E-state index in [4.69, 9.17) is 4.74 Å². The van der Waals surface area contributed by atoms with Crippen LogP contribution in [0, 0.1) is 11.3 Å². The van der Waals surface area contributed by atoms with Crippen molar-refractivity contribution < 1.29 is 14.3 Å². The predicted molar refractivity (Wildman–Crippen MR) is 61.5 cm³/mol. The summed E-state index contributed by atoms with van der Waals surface area (Å²) in [7, 11) is 0. The van der Waals surface area contributed by atoms with Gasteiger partial charge >= 0.3 is 5.97 Å². The standard InChI is InChI=1S/C14H14O3/c15-9-14-6-11(7-14)12(8-14)17-13(16)10-4-2-1-3-5-10/h1-5,9,11-12H,6-8H2. The van der Waals surface area contributed by atoms with Crippen LogP contribution in [0.4, 0.5) is 0 Å². The number of esters is 1. The van der Waals surface area contributed by atoms with Gasteiger partial charge in [-0.1, -0.05) is 18.2 Å². The van der Waals surface area contributed by atoms with Gasteiger partial charge in [-0.3, -0.25) is 0 Å². The molecule has 4 rings (SSSR count). The number of aldehydes is 1. The lowest BCUT2D eigenvalue weighted by Gasteiger charge is -2.32. The van der Waals surface area contributed by atoms with Gasteiger partial charge in [0.2, 0.25) is 0 Å². The maximum Gasteiger partial charge on any atom is 0.338 e. The van der Waals surface area contributed by atoms with Gasteiger partial charge in [-0.05, 0) is 37.3 Å². The Kier molecular flexibility index (Phi) is 2.28. The van der Waals surface area contributed by atoms with Gasteiger partial charge < -0.3 is 9.53 Å². The van der Waals surface area contributed by atoms with Crippen LogP contribution in [-0.4, -0.2) is 18.4 Å². The van der Waals surface area contributed by atoms with E-state index in [9.17, 15) is 9.59 Å². The number of ether oxygens (including phenoxy) is 1. The topological polar surface area (TPSA) is 43.4 Å². The van der Waals surface area contributed by atoms with Crippen molar-refractivity contribution in [2.75, 3.05) is 0 Å². The highest BCUT2D eigenvalue weighted by molar-refractivity contribution is 5.89. The summed E-state index contributed by atoms with van der Waals surface area (Å²) in [5.74, 6) is 0.122. The van der Waals surface area contributed by atoms with E-state index in [1.807, 2.05) is 18.2 Å². The molecule has 88 valence electrons. The molecule has 1 unspecified atom stereocenters. The first-order valence-electron chi connectivity index (χ1n) is 5.95. The molecule has 3 aliphatic carbocycles. The van der Waals surface area contributed by atoms with Crippen LogP contribution in [0.15, 0.2) is 30.3 Å². The summed E-state index contributed by atoms with van der Waals surface area (Å²) in [5.41, 5.74) is 0.406. The van der Waals surface area contributed by atoms with Gasteiger partial charge in [0.1, 0.15) is 12.4 Å². The molecule has 3 nitrogen and oxygen atoms in total. The van der Waals surface area contributed by atoms with Crippen molar-refractivity contribution in [3.63, 3.8) is 0 Å². The zero-order valence-corrected chi connectivity index (χ0v) is 9.46. The molecule has 1 atom stereocenters. The van der Waals surface area contributed by atoms with E-state index < -0.39 is 0 Å². The summed E-state index contributed by atoms with van der Waals surface area (Å²) >= 11 is 0. The number of hydrogen-bond acceptors (Lipinski definition) is 3. The van der Waals surface area contributed by atoms with Crippen molar-refractivity contribution in [2.45, 2.75) is 25.4 Å². The SMILES string of the molecule is O=CC12CC(C1)C(OC(=O)c1ccccc1)C2. The molecule has 0 radical (unpaired) electrons. The minimum absolute atomic E-state index is 0.0621. The normalized spacial score (nSPS) is 33.9. The van der Waals surface area contributed by atoms with E-state index in [1.165, 1.54) is 0 Å². The molecule has 3 heteroatoms. The van der Waals surface area contributed by atoms with Crippen molar-refractivity contribution in [3.05, 3.63) is 35.9 Å². The van der Waals surface area contributed by atoms with E-state index in [-0.39, 0.29) is 17.5 Å². The number of carbonyl (C=O) groups excluding carboxylic acids is 2. The maximum absolute atomic E-state index is 11.8. The van der Waals surface area contributed by atoms with Gasteiger partial charge in [-0.15, -0.1) is 0 Å². The molecule has 17 heavy (non-hydrogen) atoms. The number of fused-ring (bicyclic) bond motifs is 1. The molecule has 2 bridgehead atoms. The Morgan fingerprint density at radius 1 is 1.24 bits per heavy atom. The highest BCUT2D eigenvalue weighted by atomic mass is 16.5. The van der Waals surface area contributed by atoms with Crippen LogP contribution in [-0.2, 0) is 9.53 Å². The van der Waals surface area contributed by atoms with Gasteiger partial charge in [0.25, 0.3) is 0 Å². The smallest absolute Gasteiger partial charge is 0.338 e. The van der Waals surface area contributed by atoms with E-state index in [0.29, 0.717) is 17.9 Å². The molecule has 0 aromatic heterocycles. The molecule has 1 aromatic rings. The Morgan fingerprint density at radius 3 is 2.53 bits per heavy atom. The third kappa shape index (κ3) is 1.66. The molecule has 0 aliphatic heterocycles. The fourth-order valence-electron chi connectivity index (χ4n) is 3.04. The summed E-state index contributed by atoms with van der Waals surface area (Å²) in [6, 6.07) is 9.00. The van der Waals surface area contributed by atoms with Crippen LogP contribution < -0.4 is 0 Å². The van der Waals surface area contributed by atoms with E-state index >= 15 is 0 Å². The quantitative estimate of drug-likeness (QED) is 0.590. The Bertz CT molecular complexity index is 446. The van der Waals surface area contributed by atoms with E-state index in [1.54, 1.807) is 12.1 Å². The summed E-state index contributed by atoms with van der Waals surface area (Å²) in [6.45, 7) is 0. The van der Waals surface area contributed by atoms with Crippen molar-refractivity contribution in [1.82, 2.24) is 0 Å². The number of carbonyl (C=O) groups is 2. The second-order valence-corrected chi connectivity index (χ2v) is 5.16. The van der Waals surface area contributed by atoms with Crippen molar-refractivity contribution in [1.29, 1.82) is 0 Å². The molecule has 1 aromatic carbocycles. The highest BCUT2D eigenvalue weighted by Gasteiger charge is 2.57. The molecular formula is C14H14O3. The number of hydrogen-bond donors (Lipinski definition) is 0. The Labute approximate surface area is 99.8 Å². The minimum atomic E-state index is -0.274. The molecule has 0 amide bonds. The van der Waals surface area contributed by atoms with Crippen molar-refractivity contribution in [2.24, 2.45) is 11.3 Å².